The lowest BCUT2D eigenvalue weighted by Crippen LogP contribution is -2.46. The third-order valence-corrected chi connectivity index (χ3v) is 2.55. The van der Waals surface area contributed by atoms with Gasteiger partial charge in [0, 0.05) is 39.3 Å². The van der Waals surface area contributed by atoms with E-state index in [1.807, 2.05) is 0 Å². The molecule has 0 unspecified atom stereocenters. The average molecular weight is 208 g/mol. The summed E-state index contributed by atoms with van der Waals surface area (Å²) in [7, 11) is -3.52. The highest BCUT2D eigenvalue weighted by Crippen LogP contribution is 1.89. The quantitative estimate of drug-likeness (QED) is 0.484. The SMILES string of the molecule is NS(=O)(=O)NCCN1CCNCC1. The second-order valence-electron chi connectivity index (χ2n) is 3.03. The predicted molar refractivity (Wildman–Crippen MR) is 50.4 cm³/mol. The number of hydrogen-bond donors (Lipinski definition) is 3. The maximum atomic E-state index is 10.5. The summed E-state index contributed by atoms with van der Waals surface area (Å²) in [6.45, 7) is 4.97. The zero-order valence-electron chi connectivity index (χ0n) is 7.49. The Morgan fingerprint density at radius 3 is 2.54 bits per heavy atom. The van der Waals surface area contributed by atoms with Gasteiger partial charge >= 0.3 is 0 Å². The van der Waals surface area contributed by atoms with Crippen LogP contribution in [0.4, 0.5) is 0 Å². The van der Waals surface area contributed by atoms with Gasteiger partial charge in [-0.05, 0) is 0 Å². The molecule has 0 spiro atoms. The van der Waals surface area contributed by atoms with Crippen LogP contribution in [-0.2, 0) is 10.2 Å². The number of hydrogen-bond acceptors (Lipinski definition) is 4. The lowest BCUT2D eigenvalue weighted by atomic mass is 10.3. The van der Waals surface area contributed by atoms with E-state index in [1.54, 1.807) is 0 Å². The monoisotopic (exact) mass is 208 g/mol. The molecule has 1 aliphatic rings. The number of nitrogens with zero attached hydrogens (tertiary/aromatic N) is 1. The van der Waals surface area contributed by atoms with E-state index < -0.39 is 10.2 Å². The highest BCUT2D eigenvalue weighted by Gasteiger charge is 2.09. The van der Waals surface area contributed by atoms with Crippen molar-refractivity contribution in [3.8, 4) is 0 Å². The van der Waals surface area contributed by atoms with Crippen LogP contribution in [0.5, 0.6) is 0 Å². The molecule has 0 amide bonds. The normalized spacial score (nSPS) is 20.4. The van der Waals surface area contributed by atoms with Crippen LogP contribution < -0.4 is 15.2 Å². The van der Waals surface area contributed by atoms with Gasteiger partial charge in [-0.1, -0.05) is 0 Å². The minimum Gasteiger partial charge on any atom is -0.314 e. The van der Waals surface area contributed by atoms with Crippen molar-refractivity contribution in [2.75, 3.05) is 39.3 Å². The van der Waals surface area contributed by atoms with E-state index in [0.29, 0.717) is 6.54 Å². The van der Waals surface area contributed by atoms with Crippen molar-refractivity contribution in [2.45, 2.75) is 0 Å². The Kier molecular flexibility index (Phi) is 4.07. The van der Waals surface area contributed by atoms with Gasteiger partial charge in [0.15, 0.2) is 0 Å². The van der Waals surface area contributed by atoms with E-state index in [2.05, 4.69) is 14.9 Å². The minimum atomic E-state index is -3.52. The molecule has 0 atom stereocenters. The van der Waals surface area contributed by atoms with Gasteiger partial charge < -0.3 is 5.32 Å². The smallest absolute Gasteiger partial charge is 0.274 e. The lowest BCUT2D eigenvalue weighted by molar-refractivity contribution is 0.245. The molecule has 0 bridgehead atoms. The van der Waals surface area contributed by atoms with Crippen molar-refractivity contribution in [3.05, 3.63) is 0 Å². The second-order valence-corrected chi connectivity index (χ2v) is 4.41. The maximum Gasteiger partial charge on any atom is 0.274 e. The maximum absolute atomic E-state index is 10.5. The van der Waals surface area contributed by atoms with Gasteiger partial charge in [0.2, 0.25) is 0 Å². The van der Waals surface area contributed by atoms with E-state index in [0.717, 1.165) is 32.7 Å². The molecule has 0 aromatic heterocycles. The third-order valence-electron chi connectivity index (χ3n) is 1.94. The van der Waals surface area contributed by atoms with Crippen LogP contribution in [0, 0.1) is 0 Å². The van der Waals surface area contributed by atoms with Gasteiger partial charge in [-0.25, -0.2) is 9.86 Å². The molecule has 1 saturated heterocycles. The zero-order valence-corrected chi connectivity index (χ0v) is 8.31. The Bertz CT molecular complexity index is 235. The first-order valence-corrected chi connectivity index (χ1v) is 5.83. The molecule has 1 aliphatic heterocycles. The topological polar surface area (TPSA) is 87.5 Å². The molecule has 1 fully saturated rings. The molecule has 1 heterocycles. The van der Waals surface area contributed by atoms with E-state index >= 15 is 0 Å². The first-order chi connectivity index (χ1) is 6.08. The molecule has 78 valence electrons. The number of nitrogens with two attached hydrogens (primary N) is 1. The van der Waals surface area contributed by atoms with Crippen molar-refractivity contribution in [1.29, 1.82) is 0 Å². The van der Waals surface area contributed by atoms with Gasteiger partial charge in [0.1, 0.15) is 0 Å². The van der Waals surface area contributed by atoms with Gasteiger partial charge in [-0.3, -0.25) is 4.90 Å². The minimum absolute atomic E-state index is 0.388. The molecule has 7 heteroatoms. The van der Waals surface area contributed by atoms with E-state index in [4.69, 9.17) is 5.14 Å². The second kappa shape index (κ2) is 4.87. The molecule has 6 nitrogen and oxygen atoms in total. The molecule has 0 aliphatic carbocycles. The van der Waals surface area contributed by atoms with Gasteiger partial charge in [0.25, 0.3) is 10.2 Å². The van der Waals surface area contributed by atoms with Gasteiger partial charge in [-0.15, -0.1) is 0 Å². The molecule has 0 saturated carbocycles. The third kappa shape index (κ3) is 5.17. The Labute approximate surface area is 78.7 Å². The van der Waals surface area contributed by atoms with E-state index in [1.165, 1.54) is 0 Å². The van der Waals surface area contributed by atoms with Crippen molar-refractivity contribution < 1.29 is 8.42 Å². The molecule has 0 aromatic rings. The first kappa shape index (κ1) is 10.9. The van der Waals surface area contributed by atoms with Crippen molar-refractivity contribution in [3.63, 3.8) is 0 Å². The van der Waals surface area contributed by atoms with Crippen LogP contribution in [0.1, 0.15) is 0 Å². The van der Waals surface area contributed by atoms with Gasteiger partial charge in [-0.2, -0.15) is 8.42 Å². The highest BCUT2D eigenvalue weighted by molar-refractivity contribution is 7.87. The Morgan fingerprint density at radius 1 is 1.38 bits per heavy atom. The molecule has 13 heavy (non-hydrogen) atoms. The van der Waals surface area contributed by atoms with Crippen LogP contribution >= 0.6 is 0 Å². The summed E-state index contributed by atoms with van der Waals surface area (Å²) in [5, 5.41) is 8.00. The standard InChI is InChI=1S/C6H16N4O2S/c7-13(11,12)9-3-6-10-4-1-8-2-5-10/h8-9H,1-6H2,(H2,7,11,12). The van der Waals surface area contributed by atoms with Crippen LogP contribution in [-0.4, -0.2) is 52.6 Å². The van der Waals surface area contributed by atoms with E-state index in [9.17, 15) is 8.42 Å². The summed E-state index contributed by atoms with van der Waals surface area (Å²) in [4.78, 5) is 2.19. The molecule has 0 aromatic carbocycles. The molecule has 0 radical (unpaired) electrons. The number of rotatable bonds is 4. The van der Waals surface area contributed by atoms with Crippen molar-refractivity contribution >= 4 is 10.2 Å². The fourth-order valence-electron chi connectivity index (χ4n) is 1.28. The first-order valence-electron chi connectivity index (χ1n) is 4.28. The Balaban J connectivity index is 2.11. The Morgan fingerprint density at radius 2 is 2.00 bits per heavy atom. The largest absolute Gasteiger partial charge is 0.314 e. The van der Waals surface area contributed by atoms with Crippen LogP contribution in [0.25, 0.3) is 0 Å². The Hall–Kier alpha value is -0.210. The summed E-state index contributed by atoms with van der Waals surface area (Å²) in [6.07, 6.45) is 0. The molecular weight excluding hydrogens is 192 g/mol. The zero-order chi connectivity index (χ0) is 9.73. The average Bonchev–Trinajstić information content (AvgIpc) is 2.04. The molecular formula is C6H16N4O2S. The van der Waals surface area contributed by atoms with Crippen molar-refractivity contribution in [1.82, 2.24) is 14.9 Å². The highest BCUT2D eigenvalue weighted by atomic mass is 32.2. The summed E-state index contributed by atoms with van der Waals surface area (Å²) >= 11 is 0. The van der Waals surface area contributed by atoms with Crippen molar-refractivity contribution in [2.24, 2.45) is 5.14 Å². The fraction of sp³-hybridized carbons (Fsp3) is 1.00. The predicted octanol–water partition coefficient (Wildman–Crippen LogP) is -2.32. The summed E-state index contributed by atoms with van der Waals surface area (Å²) in [6, 6.07) is 0. The molecule has 1 rings (SSSR count). The number of piperazine rings is 1. The summed E-state index contributed by atoms with van der Waals surface area (Å²) < 4.78 is 23.3. The van der Waals surface area contributed by atoms with Gasteiger partial charge in [0.05, 0.1) is 0 Å². The van der Waals surface area contributed by atoms with Crippen LogP contribution in [0.3, 0.4) is 0 Å². The summed E-state index contributed by atoms with van der Waals surface area (Å²) in [5.74, 6) is 0. The van der Waals surface area contributed by atoms with E-state index in [-0.39, 0.29) is 0 Å². The number of nitrogens with one attached hydrogen (secondary N) is 2. The molecule has 4 N–H and O–H groups in total. The lowest BCUT2D eigenvalue weighted by Gasteiger charge is -2.26. The van der Waals surface area contributed by atoms with Crippen LogP contribution in [0.15, 0.2) is 0 Å². The summed E-state index contributed by atoms with van der Waals surface area (Å²) in [5.41, 5.74) is 0. The fourth-order valence-corrected chi connectivity index (χ4v) is 1.66. The van der Waals surface area contributed by atoms with Crippen LogP contribution in [0.2, 0.25) is 0 Å².